The highest BCUT2D eigenvalue weighted by Gasteiger charge is 2.32. The highest BCUT2D eigenvalue weighted by Crippen LogP contribution is 2.23. The maximum atomic E-state index is 13.3. The van der Waals surface area contributed by atoms with E-state index in [1.54, 1.807) is 24.3 Å². The zero-order valence-corrected chi connectivity index (χ0v) is 22.4. The predicted molar refractivity (Wildman–Crippen MR) is 141 cm³/mol. The topological polar surface area (TPSA) is 128 Å². The van der Waals surface area contributed by atoms with Crippen LogP contribution >= 0.6 is 0 Å². The Labute approximate surface area is 213 Å². The fourth-order valence-electron chi connectivity index (χ4n) is 3.45. The monoisotopic (exact) mass is 529 g/mol. The molecule has 3 aromatic rings. The van der Waals surface area contributed by atoms with E-state index in [4.69, 9.17) is 5.73 Å². The lowest BCUT2D eigenvalue weighted by molar-refractivity contribution is 0.0939. The number of carbonyl (C=O) groups is 2. The van der Waals surface area contributed by atoms with Crippen LogP contribution in [-0.4, -0.2) is 40.0 Å². The van der Waals surface area contributed by atoms with E-state index in [9.17, 15) is 26.4 Å². The van der Waals surface area contributed by atoms with Crippen molar-refractivity contribution >= 4 is 31.4 Å². The van der Waals surface area contributed by atoms with Gasteiger partial charge in [-0.25, -0.2) is 16.8 Å². The van der Waals surface area contributed by atoms with Crippen molar-refractivity contribution in [3.05, 3.63) is 95.1 Å². The molecule has 9 heteroatoms. The normalized spacial score (nSPS) is 11.5. The molecule has 0 aliphatic rings. The summed E-state index contributed by atoms with van der Waals surface area (Å²) in [7, 11) is -7.94. The minimum absolute atomic E-state index is 0.00714. The second kappa shape index (κ2) is 12.1. The van der Waals surface area contributed by atoms with Crippen LogP contribution in [0.3, 0.4) is 0 Å². The van der Waals surface area contributed by atoms with Crippen molar-refractivity contribution in [3.8, 4) is 0 Å². The number of rotatable bonds is 9. The van der Waals surface area contributed by atoms with E-state index in [2.05, 4.69) is 0 Å². The number of primary amides is 1. The summed E-state index contributed by atoms with van der Waals surface area (Å²) in [4.78, 5) is 24.7. The van der Waals surface area contributed by atoms with E-state index in [0.29, 0.717) is 0 Å². The summed E-state index contributed by atoms with van der Waals surface area (Å²) in [5.74, 6) is -4.06. The molecule has 0 aliphatic heterocycles. The third-order valence-corrected chi connectivity index (χ3v) is 9.09. The molecule has 0 aromatic heterocycles. The largest absolute Gasteiger partial charge is 0.366 e. The lowest BCUT2D eigenvalue weighted by atomic mass is 9.99. The molecule has 0 radical (unpaired) electrons. The minimum Gasteiger partial charge on any atom is -0.366 e. The van der Waals surface area contributed by atoms with E-state index < -0.39 is 48.8 Å². The highest BCUT2D eigenvalue weighted by atomic mass is 32.2. The summed E-state index contributed by atoms with van der Waals surface area (Å²) >= 11 is 0. The molecule has 192 valence electrons. The van der Waals surface area contributed by atoms with Crippen LogP contribution in [0.1, 0.15) is 45.7 Å². The first-order valence-corrected chi connectivity index (χ1v) is 14.7. The third-order valence-electron chi connectivity index (χ3n) is 5.43. The number of hydrogen-bond donors (Lipinski definition) is 1. The summed E-state index contributed by atoms with van der Waals surface area (Å²) in [6, 6.07) is 17.6. The van der Waals surface area contributed by atoms with Crippen LogP contribution in [0.5, 0.6) is 0 Å². The summed E-state index contributed by atoms with van der Waals surface area (Å²) in [5.41, 5.74) is 7.23. The van der Waals surface area contributed by atoms with Crippen LogP contribution in [0, 0.1) is 19.8 Å². The summed E-state index contributed by atoms with van der Waals surface area (Å²) in [5, 5.41) is 0. The van der Waals surface area contributed by atoms with Crippen molar-refractivity contribution in [2.75, 3.05) is 11.5 Å². The minimum atomic E-state index is -3.97. The lowest BCUT2D eigenvalue weighted by Gasteiger charge is -2.17. The van der Waals surface area contributed by atoms with Gasteiger partial charge in [0.25, 0.3) is 0 Å². The van der Waals surface area contributed by atoms with Gasteiger partial charge >= 0.3 is 0 Å². The van der Waals surface area contributed by atoms with Crippen molar-refractivity contribution in [3.63, 3.8) is 0 Å². The van der Waals surface area contributed by atoms with Gasteiger partial charge in [0.2, 0.25) is 5.91 Å². The van der Waals surface area contributed by atoms with E-state index in [1.165, 1.54) is 48.5 Å². The number of amides is 1. The summed E-state index contributed by atoms with van der Waals surface area (Å²) in [6.45, 7) is 7.62. The van der Waals surface area contributed by atoms with Gasteiger partial charge in [-0.2, -0.15) is 0 Å². The zero-order valence-electron chi connectivity index (χ0n) is 20.8. The fraction of sp³-hybridized carbons (Fsp3) is 0.259. The molecule has 0 atom stereocenters. The summed E-state index contributed by atoms with van der Waals surface area (Å²) in [6.07, 6.45) is 0. The maximum absolute atomic E-state index is 13.3. The van der Waals surface area contributed by atoms with Gasteiger partial charge in [-0.3, -0.25) is 9.59 Å². The molecule has 36 heavy (non-hydrogen) atoms. The van der Waals surface area contributed by atoms with Crippen molar-refractivity contribution in [1.82, 2.24) is 0 Å². The molecule has 7 nitrogen and oxygen atoms in total. The van der Waals surface area contributed by atoms with Crippen LogP contribution in [0.25, 0.3) is 0 Å². The van der Waals surface area contributed by atoms with Crippen molar-refractivity contribution in [1.29, 1.82) is 0 Å². The molecule has 1 amide bonds. The molecule has 0 aliphatic carbocycles. The smallest absolute Gasteiger partial charge is 0.248 e. The van der Waals surface area contributed by atoms with Gasteiger partial charge in [-0.05, 0) is 50.2 Å². The maximum Gasteiger partial charge on any atom is 0.248 e. The SMILES string of the molecule is CC.Cc1ccc(S(=O)(=O)CC(CS(=O)(=O)c2ccc(C)cc2)C(=O)c2ccc(C(N)=O)cc2)cc1. The van der Waals surface area contributed by atoms with Crippen molar-refractivity contribution in [2.24, 2.45) is 11.7 Å². The number of sulfone groups is 2. The van der Waals surface area contributed by atoms with Crippen LogP contribution in [0.15, 0.2) is 82.6 Å². The molecule has 0 saturated heterocycles. The third kappa shape index (κ3) is 7.35. The van der Waals surface area contributed by atoms with Gasteiger partial charge < -0.3 is 5.73 Å². The number of hydrogen-bond acceptors (Lipinski definition) is 6. The van der Waals surface area contributed by atoms with Crippen LogP contribution in [0.2, 0.25) is 0 Å². The molecule has 2 N–H and O–H groups in total. The molecule has 0 unspecified atom stereocenters. The molecule has 3 aromatic carbocycles. The molecular weight excluding hydrogens is 498 g/mol. The first kappa shape index (κ1) is 28.9. The van der Waals surface area contributed by atoms with Gasteiger partial charge in [0, 0.05) is 11.1 Å². The van der Waals surface area contributed by atoms with Gasteiger partial charge in [0.1, 0.15) is 0 Å². The van der Waals surface area contributed by atoms with Gasteiger partial charge in [-0.1, -0.05) is 61.4 Å². The first-order valence-electron chi connectivity index (χ1n) is 11.4. The van der Waals surface area contributed by atoms with E-state index in [-0.39, 0.29) is 20.9 Å². The Balaban J connectivity index is 0.00000222. The lowest BCUT2D eigenvalue weighted by Crippen LogP contribution is -2.31. The Morgan fingerprint density at radius 2 is 0.972 bits per heavy atom. The second-order valence-corrected chi connectivity index (χ2v) is 12.3. The molecular formula is C27H31NO6S2. The zero-order chi connectivity index (χ0) is 27.1. The number of nitrogens with two attached hydrogens (primary N) is 1. The number of Topliss-reactive ketones (excluding diaryl/α,β-unsaturated/α-hetero) is 1. The fourth-order valence-corrected chi connectivity index (χ4v) is 6.68. The number of ketones is 1. The Hall–Kier alpha value is -3.30. The number of benzene rings is 3. The first-order chi connectivity index (χ1) is 16.9. The van der Waals surface area contributed by atoms with E-state index in [0.717, 1.165) is 11.1 Å². The molecule has 0 heterocycles. The van der Waals surface area contributed by atoms with E-state index >= 15 is 0 Å². The predicted octanol–water partition coefficient (Wildman–Crippen LogP) is 4.18. The van der Waals surface area contributed by atoms with Crippen LogP contribution in [-0.2, 0) is 19.7 Å². The standard InChI is InChI=1S/C25H25NO6S2.C2H6/c1-17-3-11-22(12-4-17)33(29,30)15-21(16-34(31,32)23-13-5-18(2)6-14-23)24(27)19-7-9-20(10-8-19)25(26)28;1-2/h3-14,21H,15-16H2,1-2H3,(H2,26,28);1-2H3. The van der Waals surface area contributed by atoms with E-state index in [1.807, 2.05) is 27.7 Å². The Kier molecular flexibility index (Phi) is 9.72. The molecule has 0 bridgehead atoms. The number of aryl methyl sites for hydroxylation is 2. The highest BCUT2D eigenvalue weighted by molar-refractivity contribution is 7.92. The van der Waals surface area contributed by atoms with Gasteiger partial charge in [0.15, 0.2) is 25.5 Å². The molecule has 0 spiro atoms. The van der Waals surface area contributed by atoms with Crippen LogP contribution in [0.4, 0.5) is 0 Å². The quantitative estimate of drug-likeness (QED) is 0.414. The Bertz CT molecular complexity index is 1330. The number of carbonyl (C=O) groups excluding carboxylic acids is 2. The van der Waals surface area contributed by atoms with Crippen molar-refractivity contribution < 1.29 is 26.4 Å². The second-order valence-electron chi connectivity index (χ2n) is 8.19. The average molecular weight is 530 g/mol. The molecule has 0 saturated carbocycles. The molecule has 3 rings (SSSR count). The van der Waals surface area contributed by atoms with Gasteiger partial charge in [-0.15, -0.1) is 0 Å². The Morgan fingerprint density at radius 1 is 0.639 bits per heavy atom. The Morgan fingerprint density at radius 3 is 1.31 bits per heavy atom. The molecule has 0 fully saturated rings. The average Bonchev–Trinajstić information content (AvgIpc) is 2.84. The van der Waals surface area contributed by atoms with Crippen molar-refractivity contribution in [2.45, 2.75) is 37.5 Å². The van der Waals surface area contributed by atoms with Crippen LogP contribution < -0.4 is 5.73 Å². The summed E-state index contributed by atoms with van der Waals surface area (Å²) < 4.78 is 52.4. The van der Waals surface area contributed by atoms with Gasteiger partial charge in [0.05, 0.1) is 27.2 Å².